The molecule has 0 unspecified atom stereocenters. The summed E-state index contributed by atoms with van der Waals surface area (Å²) in [5.41, 5.74) is 9.65. The van der Waals surface area contributed by atoms with Crippen LogP contribution < -0.4 is 11.1 Å². The molecule has 0 aliphatic heterocycles. The van der Waals surface area contributed by atoms with Gasteiger partial charge in [0.1, 0.15) is 0 Å². The van der Waals surface area contributed by atoms with Crippen molar-refractivity contribution < 1.29 is 4.79 Å². The monoisotopic (exact) mass is 378 g/mol. The Bertz CT molecular complexity index is 674. The van der Waals surface area contributed by atoms with Crippen LogP contribution in [-0.4, -0.2) is 21.7 Å². The van der Waals surface area contributed by atoms with Gasteiger partial charge in [0, 0.05) is 30.8 Å². The topological polar surface area (TPSA) is 72.9 Å². The van der Waals surface area contributed by atoms with Gasteiger partial charge in [-0.2, -0.15) is 5.10 Å². The molecule has 1 fully saturated rings. The minimum atomic E-state index is -0.117. The average molecular weight is 380 g/mol. The molecule has 0 radical (unpaired) electrons. The summed E-state index contributed by atoms with van der Waals surface area (Å²) in [4.78, 5) is 12.2. The number of aromatic nitrogens is 2. The van der Waals surface area contributed by atoms with E-state index in [0.29, 0.717) is 17.2 Å². The number of aryl methyl sites for hydroxylation is 2. The molecule has 5 nitrogen and oxygen atoms in total. The Labute approximate surface area is 154 Å². The maximum absolute atomic E-state index is 12.2. The van der Waals surface area contributed by atoms with Crippen LogP contribution in [0.15, 0.2) is 30.6 Å². The normalized spacial score (nSPS) is 18.0. The van der Waals surface area contributed by atoms with E-state index in [1.165, 1.54) is 11.1 Å². The van der Waals surface area contributed by atoms with Gasteiger partial charge < -0.3 is 11.1 Å². The Morgan fingerprint density at radius 1 is 1.35 bits per heavy atom. The van der Waals surface area contributed by atoms with E-state index in [0.717, 1.165) is 6.42 Å². The van der Waals surface area contributed by atoms with E-state index in [1.54, 1.807) is 17.1 Å². The Morgan fingerprint density at radius 3 is 2.52 bits per heavy atom. The number of halogens is 3. The number of hydrogen-bond donors (Lipinski definition) is 2. The van der Waals surface area contributed by atoms with Gasteiger partial charge in [-0.25, -0.2) is 0 Å². The van der Waals surface area contributed by atoms with Gasteiger partial charge in [-0.05, 0) is 36.6 Å². The molecule has 128 valence electrons. The van der Waals surface area contributed by atoms with Crippen LogP contribution in [0.1, 0.15) is 33.8 Å². The van der Waals surface area contributed by atoms with Crippen LogP contribution in [0.4, 0.5) is 5.69 Å². The fourth-order valence-corrected chi connectivity index (χ4v) is 2.44. The van der Waals surface area contributed by atoms with Crippen LogP contribution >= 0.6 is 37.2 Å². The number of nitrogens with one attached hydrogen (secondary N) is 1. The number of anilines is 1. The number of rotatable bonds is 3. The lowest BCUT2D eigenvalue weighted by Crippen LogP contribution is -2.12. The molecule has 1 aliphatic rings. The van der Waals surface area contributed by atoms with E-state index in [2.05, 4.69) is 17.3 Å². The number of nitrogens with zero attached hydrogens (tertiary/aromatic N) is 2. The lowest BCUT2D eigenvalue weighted by molar-refractivity contribution is 0.102. The molecule has 1 amide bonds. The molecule has 23 heavy (non-hydrogen) atoms. The predicted octanol–water partition coefficient (Wildman–Crippen LogP) is 3.06. The molecular formula is C15H21Cl3N4O. The summed E-state index contributed by atoms with van der Waals surface area (Å²) in [6.45, 7) is 2.06. The van der Waals surface area contributed by atoms with Crippen molar-refractivity contribution in [1.29, 1.82) is 0 Å². The van der Waals surface area contributed by atoms with E-state index in [4.69, 9.17) is 5.73 Å². The Hall–Kier alpha value is -1.27. The van der Waals surface area contributed by atoms with E-state index >= 15 is 0 Å². The second kappa shape index (κ2) is 8.55. The van der Waals surface area contributed by atoms with Crippen molar-refractivity contribution in [2.24, 2.45) is 12.8 Å². The third-order valence-corrected chi connectivity index (χ3v) is 3.74. The highest BCUT2D eigenvalue weighted by atomic mass is 35.5. The third kappa shape index (κ3) is 4.85. The van der Waals surface area contributed by atoms with E-state index < -0.39 is 0 Å². The molecule has 0 spiro atoms. The largest absolute Gasteiger partial charge is 0.327 e. The highest BCUT2D eigenvalue weighted by Gasteiger charge is 2.36. The summed E-state index contributed by atoms with van der Waals surface area (Å²) in [6, 6.07) is 6.03. The van der Waals surface area contributed by atoms with Crippen LogP contribution in [0.3, 0.4) is 0 Å². The van der Waals surface area contributed by atoms with Gasteiger partial charge in [-0.3, -0.25) is 9.48 Å². The third-order valence-electron chi connectivity index (χ3n) is 3.74. The van der Waals surface area contributed by atoms with Crippen molar-refractivity contribution >= 4 is 48.8 Å². The molecule has 0 bridgehead atoms. The summed E-state index contributed by atoms with van der Waals surface area (Å²) in [7, 11) is 1.81. The average Bonchev–Trinajstić information content (AvgIpc) is 2.99. The highest BCUT2D eigenvalue weighted by molar-refractivity contribution is 6.04. The van der Waals surface area contributed by atoms with Crippen LogP contribution in [0.25, 0.3) is 0 Å². The first kappa shape index (κ1) is 21.7. The van der Waals surface area contributed by atoms with Gasteiger partial charge in [0.25, 0.3) is 5.91 Å². The van der Waals surface area contributed by atoms with Crippen LogP contribution in [0.2, 0.25) is 0 Å². The first-order valence-electron chi connectivity index (χ1n) is 6.70. The first-order valence-corrected chi connectivity index (χ1v) is 6.70. The first-order chi connectivity index (χ1) is 9.54. The highest BCUT2D eigenvalue weighted by Crippen LogP contribution is 2.40. The minimum Gasteiger partial charge on any atom is -0.327 e. The molecule has 1 aromatic carbocycles. The smallest absolute Gasteiger partial charge is 0.255 e. The van der Waals surface area contributed by atoms with E-state index in [9.17, 15) is 4.79 Å². The van der Waals surface area contributed by atoms with Crippen LogP contribution in [0, 0.1) is 6.92 Å². The fourth-order valence-electron chi connectivity index (χ4n) is 2.44. The lowest BCUT2D eigenvalue weighted by Gasteiger charge is -2.08. The van der Waals surface area contributed by atoms with Gasteiger partial charge >= 0.3 is 0 Å². The number of carbonyl (C=O) groups is 1. The van der Waals surface area contributed by atoms with Crippen molar-refractivity contribution in [1.82, 2.24) is 9.78 Å². The predicted molar refractivity (Wildman–Crippen MR) is 99.4 cm³/mol. The number of hydrogen-bond acceptors (Lipinski definition) is 3. The van der Waals surface area contributed by atoms with E-state index in [-0.39, 0.29) is 49.2 Å². The summed E-state index contributed by atoms with van der Waals surface area (Å²) in [5.74, 6) is 0.287. The zero-order valence-corrected chi connectivity index (χ0v) is 15.3. The molecule has 2 atom stereocenters. The van der Waals surface area contributed by atoms with Gasteiger partial charge in [0.05, 0.1) is 11.9 Å². The molecule has 1 saturated carbocycles. The van der Waals surface area contributed by atoms with E-state index in [1.807, 2.05) is 25.2 Å². The summed E-state index contributed by atoms with van der Waals surface area (Å²) >= 11 is 0. The maximum Gasteiger partial charge on any atom is 0.255 e. The molecule has 0 saturated heterocycles. The Kier molecular flexibility index (Phi) is 8.07. The number of carbonyl (C=O) groups excluding carboxylic acids is 1. The Morgan fingerprint density at radius 2 is 2.00 bits per heavy atom. The second-order valence-corrected chi connectivity index (χ2v) is 5.43. The summed E-state index contributed by atoms with van der Waals surface area (Å²) in [6.07, 6.45) is 4.40. The minimum absolute atomic E-state index is 0. The quantitative estimate of drug-likeness (QED) is 0.861. The second-order valence-electron chi connectivity index (χ2n) is 5.43. The molecular weight excluding hydrogens is 359 g/mol. The lowest BCUT2D eigenvalue weighted by atomic mass is 10.0. The standard InChI is InChI=1S/C15H18N4O.3ClH/c1-9-3-4-10(5-12(9)13-6-14(13)16)15(20)18-11-7-17-19(2)8-11;;;/h3-5,7-8,13-14H,6,16H2,1-2H3,(H,18,20);3*1H/t13-,14+;;;/m0.../s1. The van der Waals surface area contributed by atoms with Crippen molar-refractivity contribution in [2.75, 3.05) is 5.32 Å². The molecule has 1 aliphatic carbocycles. The van der Waals surface area contributed by atoms with Crippen molar-refractivity contribution in [3.05, 3.63) is 47.3 Å². The van der Waals surface area contributed by atoms with Gasteiger partial charge in [-0.1, -0.05) is 6.07 Å². The molecule has 3 rings (SSSR count). The molecule has 1 heterocycles. The molecule has 3 N–H and O–H groups in total. The SMILES string of the molecule is Cc1ccc(C(=O)Nc2cnn(C)c2)cc1[C@@H]1C[C@H]1N.Cl.Cl.Cl. The zero-order chi connectivity index (χ0) is 14.3. The summed E-state index contributed by atoms with van der Waals surface area (Å²) < 4.78 is 1.65. The Balaban J connectivity index is 0.00000161. The van der Waals surface area contributed by atoms with Gasteiger partial charge in [-0.15, -0.1) is 37.2 Å². The number of benzene rings is 1. The number of amides is 1. The van der Waals surface area contributed by atoms with Crippen LogP contribution in [-0.2, 0) is 7.05 Å². The van der Waals surface area contributed by atoms with Crippen LogP contribution in [0.5, 0.6) is 0 Å². The number of nitrogens with two attached hydrogens (primary N) is 1. The molecule has 1 aromatic heterocycles. The fraction of sp³-hybridized carbons (Fsp3) is 0.333. The zero-order valence-electron chi connectivity index (χ0n) is 12.9. The van der Waals surface area contributed by atoms with Crippen molar-refractivity contribution in [3.8, 4) is 0 Å². The van der Waals surface area contributed by atoms with Crippen molar-refractivity contribution in [3.63, 3.8) is 0 Å². The maximum atomic E-state index is 12.2. The van der Waals surface area contributed by atoms with Crippen molar-refractivity contribution in [2.45, 2.75) is 25.3 Å². The summed E-state index contributed by atoms with van der Waals surface area (Å²) in [5, 5.41) is 6.87. The van der Waals surface area contributed by atoms with Gasteiger partial charge in [0.2, 0.25) is 0 Å². The van der Waals surface area contributed by atoms with Gasteiger partial charge in [0.15, 0.2) is 0 Å². The molecule has 2 aromatic rings. The molecule has 8 heteroatoms.